The van der Waals surface area contributed by atoms with E-state index in [-0.39, 0.29) is 0 Å². The molecule has 0 aromatic rings. The summed E-state index contributed by atoms with van der Waals surface area (Å²) in [6, 6.07) is 0.633. The Morgan fingerprint density at radius 1 is 1.33 bits per heavy atom. The number of hydrazine groups is 1. The van der Waals surface area contributed by atoms with Crippen molar-refractivity contribution in [1.82, 2.24) is 10.7 Å². The van der Waals surface area contributed by atoms with Crippen molar-refractivity contribution in [1.29, 1.82) is 0 Å². The molecule has 0 aliphatic heterocycles. The van der Waals surface area contributed by atoms with E-state index in [1.54, 1.807) is 7.11 Å². The Morgan fingerprint density at radius 2 is 2.06 bits per heavy atom. The van der Waals surface area contributed by atoms with Gasteiger partial charge in [0.15, 0.2) is 0 Å². The third kappa shape index (κ3) is 2.10. The van der Waals surface area contributed by atoms with E-state index in [1.165, 1.54) is 19.3 Å². The van der Waals surface area contributed by atoms with E-state index in [2.05, 4.69) is 15.7 Å². The fourth-order valence-corrected chi connectivity index (χ4v) is 4.21. The molecule has 4 N–H and O–H groups in total. The van der Waals surface area contributed by atoms with Crippen molar-refractivity contribution in [3.05, 3.63) is 0 Å². The molecule has 5 nitrogen and oxygen atoms in total. The van der Waals surface area contributed by atoms with Crippen LogP contribution in [0.25, 0.3) is 0 Å². The summed E-state index contributed by atoms with van der Waals surface area (Å²) >= 11 is 0. The minimum atomic E-state index is 0.633. The van der Waals surface area contributed by atoms with E-state index in [0.29, 0.717) is 6.04 Å². The molecule has 3 fully saturated rings. The molecule has 3 aliphatic rings. The molecular weight excluding hydrogens is 228 g/mol. The zero-order valence-electron chi connectivity index (χ0n) is 11.1. The third-order valence-electron chi connectivity index (χ3n) is 4.95. The van der Waals surface area contributed by atoms with Gasteiger partial charge in [-0.25, -0.2) is 5.84 Å². The van der Waals surface area contributed by atoms with Crippen molar-refractivity contribution in [2.45, 2.75) is 31.7 Å². The van der Waals surface area contributed by atoms with Crippen molar-refractivity contribution >= 4 is 5.96 Å². The van der Waals surface area contributed by atoms with Crippen LogP contribution in [0.3, 0.4) is 0 Å². The molecule has 0 aromatic heterocycles. The lowest BCUT2D eigenvalue weighted by atomic mass is 10.0. The predicted molar refractivity (Wildman–Crippen MR) is 70.9 cm³/mol. The summed E-state index contributed by atoms with van der Waals surface area (Å²) < 4.78 is 5.01. The minimum Gasteiger partial charge on any atom is -0.385 e. The second-order valence-electron chi connectivity index (χ2n) is 5.88. The number of fused-ring (bicyclic) bond motifs is 5. The molecule has 2 bridgehead atoms. The number of methoxy groups -OCH3 is 1. The number of aliphatic imine (C=N–C) groups is 1. The van der Waals surface area contributed by atoms with Crippen molar-refractivity contribution in [3.8, 4) is 0 Å². The molecule has 0 radical (unpaired) electrons. The summed E-state index contributed by atoms with van der Waals surface area (Å²) in [4.78, 5) is 4.45. The normalized spacial score (nSPS) is 40.8. The smallest absolute Gasteiger partial charge is 0.205 e. The van der Waals surface area contributed by atoms with Crippen LogP contribution in [0.5, 0.6) is 0 Å². The molecule has 18 heavy (non-hydrogen) atoms. The van der Waals surface area contributed by atoms with Crippen LogP contribution in [-0.2, 0) is 4.74 Å². The number of ether oxygens (including phenoxy) is 1. The van der Waals surface area contributed by atoms with Crippen LogP contribution >= 0.6 is 0 Å². The fraction of sp³-hybridized carbons (Fsp3) is 0.923. The Labute approximate surface area is 109 Å². The topological polar surface area (TPSA) is 71.7 Å². The lowest BCUT2D eigenvalue weighted by molar-refractivity contribution is 0.197. The molecule has 4 unspecified atom stereocenters. The van der Waals surface area contributed by atoms with Gasteiger partial charge >= 0.3 is 0 Å². The van der Waals surface area contributed by atoms with Crippen molar-refractivity contribution in [2.75, 3.05) is 20.3 Å². The first-order chi connectivity index (χ1) is 8.85. The number of guanidine groups is 1. The van der Waals surface area contributed by atoms with Crippen LogP contribution in [-0.4, -0.2) is 32.3 Å². The van der Waals surface area contributed by atoms with E-state index in [9.17, 15) is 0 Å². The maximum Gasteiger partial charge on any atom is 0.205 e. The number of nitrogens with two attached hydrogens (primary N) is 1. The molecule has 3 rings (SSSR count). The first kappa shape index (κ1) is 12.2. The summed E-state index contributed by atoms with van der Waals surface area (Å²) in [5, 5.41) is 3.49. The fourth-order valence-electron chi connectivity index (χ4n) is 4.21. The van der Waals surface area contributed by atoms with Gasteiger partial charge in [0, 0.05) is 26.3 Å². The predicted octanol–water partition coefficient (Wildman–Crippen LogP) is 0.476. The second kappa shape index (κ2) is 5.05. The number of hydrogen-bond donors (Lipinski definition) is 3. The quantitative estimate of drug-likeness (QED) is 0.219. The molecule has 0 aromatic carbocycles. The summed E-state index contributed by atoms with van der Waals surface area (Å²) in [7, 11) is 1.71. The van der Waals surface area contributed by atoms with Gasteiger partial charge in [-0.2, -0.15) is 0 Å². The molecule has 0 heterocycles. The highest BCUT2D eigenvalue weighted by Crippen LogP contribution is 2.65. The van der Waals surface area contributed by atoms with Gasteiger partial charge < -0.3 is 10.1 Å². The van der Waals surface area contributed by atoms with Gasteiger partial charge in [-0.15, -0.1) is 0 Å². The first-order valence-corrected chi connectivity index (χ1v) is 7.11. The monoisotopic (exact) mass is 252 g/mol. The molecule has 0 spiro atoms. The van der Waals surface area contributed by atoms with Crippen LogP contribution < -0.4 is 16.6 Å². The zero-order chi connectivity index (χ0) is 12.5. The number of rotatable bonds is 5. The summed E-state index contributed by atoms with van der Waals surface area (Å²) in [5.41, 5.74) is 2.69. The lowest BCUT2D eigenvalue weighted by Crippen LogP contribution is -2.44. The largest absolute Gasteiger partial charge is 0.385 e. The van der Waals surface area contributed by atoms with Crippen molar-refractivity contribution in [3.63, 3.8) is 0 Å². The molecule has 102 valence electrons. The van der Waals surface area contributed by atoms with Crippen LogP contribution in [0.1, 0.15) is 25.7 Å². The van der Waals surface area contributed by atoms with E-state index in [1.807, 2.05) is 0 Å². The van der Waals surface area contributed by atoms with Crippen molar-refractivity contribution in [2.24, 2.45) is 34.5 Å². The maximum atomic E-state index is 5.52. The van der Waals surface area contributed by atoms with Crippen LogP contribution in [0.15, 0.2) is 4.99 Å². The molecule has 0 amide bonds. The molecule has 3 aliphatic carbocycles. The summed E-state index contributed by atoms with van der Waals surface area (Å²) in [6.07, 6.45) is 5.30. The third-order valence-corrected chi connectivity index (χ3v) is 4.95. The highest BCUT2D eigenvalue weighted by atomic mass is 16.5. The van der Waals surface area contributed by atoms with Gasteiger partial charge in [-0.05, 0) is 49.4 Å². The Balaban J connectivity index is 1.47. The van der Waals surface area contributed by atoms with Crippen LogP contribution in [0.2, 0.25) is 0 Å². The highest BCUT2D eigenvalue weighted by molar-refractivity contribution is 5.80. The molecule has 0 saturated heterocycles. The van der Waals surface area contributed by atoms with Gasteiger partial charge in [-0.3, -0.25) is 10.4 Å². The SMILES string of the molecule is COCCCN=C(NN)NC1C2C3CCC(C3)C12. The lowest BCUT2D eigenvalue weighted by Gasteiger charge is -2.13. The van der Waals surface area contributed by atoms with E-state index in [0.717, 1.165) is 49.2 Å². The number of nitrogens with zero attached hydrogens (tertiary/aromatic N) is 1. The van der Waals surface area contributed by atoms with Gasteiger partial charge in [0.25, 0.3) is 0 Å². The average molecular weight is 252 g/mol. The van der Waals surface area contributed by atoms with Crippen LogP contribution in [0.4, 0.5) is 0 Å². The summed E-state index contributed by atoms with van der Waals surface area (Å²) in [6.45, 7) is 1.51. The Morgan fingerprint density at radius 3 is 2.67 bits per heavy atom. The van der Waals surface area contributed by atoms with Gasteiger partial charge in [0.05, 0.1) is 0 Å². The Bertz CT molecular complexity index is 317. The molecule has 3 saturated carbocycles. The minimum absolute atomic E-state index is 0.633. The van der Waals surface area contributed by atoms with Gasteiger partial charge in [0.2, 0.25) is 5.96 Å². The standard InChI is InChI=1S/C13H24N4O/c1-18-6-2-5-15-13(17-14)16-12-10-8-3-4-9(7-8)11(10)12/h8-12H,2-7,14H2,1H3,(H2,15,16,17). The Hall–Kier alpha value is -0.810. The second-order valence-corrected chi connectivity index (χ2v) is 5.88. The maximum absolute atomic E-state index is 5.52. The average Bonchev–Trinajstić information content (AvgIpc) is 2.79. The van der Waals surface area contributed by atoms with Crippen molar-refractivity contribution < 1.29 is 4.74 Å². The Kier molecular flexibility index (Phi) is 3.43. The van der Waals surface area contributed by atoms with Gasteiger partial charge in [0.1, 0.15) is 0 Å². The number of nitrogens with one attached hydrogen (secondary N) is 2. The van der Waals surface area contributed by atoms with E-state index < -0.39 is 0 Å². The molecular formula is C13H24N4O. The molecule has 5 heteroatoms. The van der Waals surface area contributed by atoms with E-state index >= 15 is 0 Å². The number of hydrogen-bond acceptors (Lipinski definition) is 3. The first-order valence-electron chi connectivity index (χ1n) is 7.11. The van der Waals surface area contributed by atoms with Crippen LogP contribution in [0, 0.1) is 23.7 Å². The highest BCUT2D eigenvalue weighted by Gasteiger charge is 2.65. The molecule has 4 atom stereocenters. The summed E-state index contributed by atoms with van der Waals surface area (Å²) in [5.74, 6) is 10.0. The van der Waals surface area contributed by atoms with Gasteiger partial charge in [-0.1, -0.05) is 0 Å². The van der Waals surface area contributed by atoms with E-state index in [4.69, 9.17) is 10.6 Å². The zero-order valence-corrected chi connectivity index (χ0v) is 11.1.